The second kappa shape index (κ2) is 10.2. The molecular formula is C13H21NO2. The van der Waals surface area contributed by atoms with E-state index in [1.54, 1.807) is 12.2 Å². The first-order valence-corrected chi connectivity index (χ1v) is 5.53. The molecule has 3 heteroatoms. The van der Waals surface area contributed by atoms with Crippen LogP contribution in [0.2, 0.25) is 0 Å². The standard InChI is InChI=1S/C13H21NO2/c1-4-7-9-14-13(15)11-16-10-12(6-3)8-5-2/h5-6,8H,2-4,7,9-11H2,1H3,(H,14,15)/b12-8+. The van der Waals surface area contributed by atoms with Crippen molar-refractivity contribution in [2.45, 2.75) is 19.8 Å². The van der Waals surface area contributed by atoms with E-state index in [1.807, 2.05) is 6.08 Å². The predicted molar refractivity (Wildman–Crippen MR) is 67.2 cm³/mol. The summed E-state index contributed by atoms with van der Waals surface area (Å²) in [6.07, 6.45) is 7.24. The molecule has 0 aliphatic heterocycles. The highest BCUT2D eigenvalue weighted by molar-refractivity contribution is 5.77. The Morgan fingerprint density at radius 2 is 2.12 bits per heavy atom. The molecule has 0 atom stereocenters. The number of rotatable bonds is 9. The molecule has 0 unspecified atom stereocenters. The molecule has 16 heavy (non-hydrogen) atoms. The lowest BCUT2D eigenvalue weighted by Gasteiger charge is -2.05. The number of carbonyl (C=O) groups is 1. The largest absolute Gasteiger partial charge is 0.367 e. The maximum Gasteiger partial charge on any atom is 0.246 e. The highest BCUT2D eigenvalue weighted by Crippen LogP contribution is 1.96. The Bertz CT molecular complexity index is 257. The number of hydrogen-bond donors (Lipinski definition) is 1. The van der Waals surface area contributed by atoms with Gasteiger partial charge in [0, 0.05) is 6.54 Å². The summed E-state index contributed by atoms with van der Waals surface area (Å²) in [7, 11) is 0. The molecule has 0 aliphatic carbocycles. The van der Waals surface area contributed by atoms with Gasteiger partial charge in [-0.15, -0.1) is 0 Å². The Morgan fingerprint density at radius 3 is 2.69 bits per heavy atom. The SMILES string of the molecule is C=C/C=C(\C=C)COCC(=O)NCCCC. The summed E-state index contributed by atoms with van der Waals surface area (Å²) in [6.45, 7) is 10.5. The Labute approximate surface area is 97.9 Å². The normalized spacial score (nSPS) is 10.9. The van der Waals surface area contributed by atoms with Crippen molar-refractivity contribution in [1.82, 2.24) is 5.32 Å². The highest BCUT2D eigenvalue weighted by atomic mass is 16.5. The summed E-state index contributed by atoms with van der Waals surface area (Å²) < 4.78 is 5.23. The van der Waals surface area contributed by atoms with Crippen LogP contribution < -0.4 is 5.32 Å². The van der Waals surface area contributed by atoms with Crippen LogP contribution in [0, 0.1) is 0 Å². The van der Waals surface area contributed by atoms with Crippen molar-refractivity contribution in [2.24, 2.45) is 0 Å². The number of carbonyl (C=O) groups excluding carboxylic acids is 1. The van der Waals surface area contributed by atoms with Crippen LogP contribution in [0.3, 0.4) is 0 Å². The maximum atomic E-state index is 11.2. The van der Waals surface area contributed by atoms with Gasteiger partial charge in [0.05, 0.1) is 6.61 Å². The molecule has 3 nitrogen and oxygen atoms in total. The third-order valence-electron chi connectivity index (χ3n) is 1.95. The van der Waals surface area contributed by atoms with Crippen LogP contribution in [0.1, 0.15) is 19.8 Å². The number of unbranched alkanes of at least 4 members (excludes halogenated alkanes) is 1. The molecule has 1 amide bonds. The van der Waals surface area contributed by atoms with Crippen molar-refractivity contribution in [1.29, 1.82) is 0 Å². The van der Waals surface area contributed by atoms with Crippen LogP contribution in [0.25, 0.3) is 0 Å². The number of hydrogen-bond acceptors (Lipinski definition) is 2. The van der Waals surface area contributed by atoms with E-state index in [-0.39, 0.29) is 12.5 Å². The smallest absolute Gasteiger partial charge is 0.246 e. The lowest BCUT2D eigenvalue weighted by molar-refractivity contribution is -0.125. The first-order chi connectivity index (χ1) is 7.74. The summed E-state index contributed by atoms with van der Waals surface area (Å²) in [5.41, 5.74) is 0.913. The van der Waals surface area contributed by atoms with Crippen molar-refractivity contribution < 1.29 is 9.53 Å². The van der Waals surface area contributed by atoms with Gasteiger partial charge in [-0.3, -0.25) is 4.79 Å². The van der Waals surface area contributed by atoms with E-state index in [1.165, 1.54) is 0 Å². The Balaban J connectivity index is 3.64. The highest BCUT2D eigenvalue weighted by Gasteiger charge is 2.00. The van der Waals surface area contributed by atoms with Gasteiger partial charge in [-0.2, -0.15) is 0 Å². The molecule has 0 fully saturated rings. The van der Waals surface area contributed by atoms with Crippen LogP contribution in [-0.2, 0) is 9.53 Å². The quantitative estimate of drug-likeness (QED) is 0.481. The van der Waals surface area contributed by atoms with Gasteiger partial charge in [0.25, 0.3) is 0 Å². The zero-order valence-electron chi connectivity index (χ0n) is 10.00. The van der Waals surface area contributed by atoms with Gasteiger partial charge < -0.3 is 10.1 Å². The van der Waals surface area contributed by atoms with Crippen LogP contribution in [-0.4, -0.2) is 25.7 Å². The molecule has 0 rings (SSSR count). The molecule has 0 aromatic heterocycles. The van der Waals surface area contributed by atoms with Gasteiger partial charge in [-0.1, -0.05) is 44.7 Å². The van der Waals surface area contributed by atoms with E-state index in [4.69, 9.17) is 4.74 Å². The van der Waals surface area contributed by atoms with Gasteiger partial charge in [0.15, 0.2) is 0 Å². The molecule has 0 bridgehead atoms. The van der Waals surface area contributed by atoms with Crippen LogP contribution in [0.15, 0.2) is 37.0 Å². The molecular weight excluding hydrogens is 202 g/mol. The van der Waals surface area contributed by atoms with E-state index in [9.17, 15) is 4.79 Å². The fraction of sp³-hybridized carbons (Fsp3) is 0.462. The van der Waals surface area contributed by atoms with Gasteiger partial charge in [0.1, 0.15) is 6.61 Å². The van der Waals surface area contributed by atoms with Crippen molar-refractivity contribution >= 4 is 5.91 Å². The molecule has 0 heterocycles. The number of amides is 1. The van der Waals surface area contributed by atoms with Crippen molar-refractivity contribution in [3.8, 4) is 0 Å². The Hall–Kier alpha value is -1.35. The van der Waals surface area contributed by atoms with E-state index in [2.05, 4.69) is 25.4 Å². The molecule has 0 aliphatic rings. The average molecular weight is 223 g/mol. The molecule has 1 N–H and O–H groups in total. The summed E-state index contributed by atoms with van der Waals surface area (Å²) >= 11 is 0. The third-order valence-corrected chi connectivity index (χ3v) is 1.95. The summed E-state index contributed by atoms with van der Waals surface area (Å²) in [5.74, 6) is -0.0736. The monoisotopic (exact) mass is 223 g/mol. The van der Waals surface area contributed by atoms with E-state index in [0.717, 1.165) is 25.0 Å². The zero-order chi connectivity index (χ0) is 12.2. The Morgan fingerprint density at radius 1 is 1.38 bits per heavy atom. The fourth-order valence-electron chi connectivity index (χ4n) is 1.04. The molecule has 0 saturated heterocycles. The minimum absolute atomic E-state index is 0.0736. The minimum Gasteiger partial charge on any atom is -0.367 e. The fourth-order valence-corrected chi connectivity index (χ4v) is 1.04. The lowest BCUT2D eigenvalue weighted by Crippen LogP contribution is -2.28. The van der Waals surface area contributed by atoms with E-state index < -0.39 is 0 Å². The number of allylic oxidation sites excluding steroid dienone is 2. The van der Waals surface area contributed by atoms with Crippen LogP contribution in [0.4, 0.5) is 0 Å². The maximum absolute atomic E-state index is 11.2. The van der Waals surface area contributed by atoms with Crippen LogP contribution in [0.5, 0.6) is 0 Å². The van der Waals surface area contributed by atoms with Crippen molar-refractivity contribution in [3.63, 3.8) is 0 Å². The van der Waals surface area contributed by atoms with E-state index >= 15 is 0 Å². The van der Waals surface area contributed by atoms with Crippen molar-refractivity contribution in [2.75, 3.05) is 19.8 Å². The molecule has 0 saturated carbocycles. The van der Waals surface area contributed by atoms with E-state index in [0.29, 0.717) is 6.61 Å². The van der Waals surface area contributed by atoms with Crippen LogP contribution >= 0.6 is 0 Å². The first-order valence-electron chi connectivity index (χ1n) is 5.53. The molecule has 90 valence electrons. The topological polar surface area (TPSA) is 38.3 Å². The summed E-state index contributed by atoms with van der Waals surface area (Å²) in [6, 6.07) is 0. The Kier molecular flexibility index (Phi) is 9.32. The summed E-state index contributed by atoms with van der Waals surface area (Å²) in [4.78, 5) is 11.2. The zero-order valence-corrected chi connectivity index (χ0v) is 10.00. The predicted octanol–water partition coefficient (Wildman–Crippen LogP) is 2.22. The number of nitrogens with one attached hydrogen (secondary N) is 1. The number of ether oxygens (including phenoxy) is 1. The van der Waals surface area contributed by atoms with Gasteiger partial charge in [-0.05, 0) is 12.0 Å². The molecule has 0 radical (unpaired) electrons. The van der Waals surface area contributed by atoms with Gasteiger partial charge in [-0.25, -0.2) is 0 Å². The van der Waals surface area contributed by atoms with Gasteiger partial charge in [0.2, 0.25) is 5.91 Å². The second-order valence-corrected chi connectivity index (χ2v) is 3.38. The first kappa shape index (κ1) is 14.6. The van der Waals surface area contributed by atoms with Crippen molar-refractivity contribution in [3.05, 3.63) is 37.0 Å². The third kappa shape index (κ3) is 8.00. The molecule has 0 aromatic rings. The minimum atomic E-state index is -0.0736. The lowest BCUT2D eigenvalue weighted by atomic mass is 10.2. The second-order valence-electron chi connectivity index (χ2n) is 3.38. The van der Waals surface area contributed by atoms with Gasteiger partial charge >= 0.3 is 0 Å². The molecule has 0 spiro atoms. The average Bonchev–Trinajstić information content (AvgIpc) is 2.28. The molecule has 0 aromatic carbocycles. The summed E-state index contributed by atoms with van der Waals surface area (Å²) in [5, 5.41) is 2.78.